The minimum atomic E-state index is -0.935. The summed E-state index contributed by atoms with van der Waals surface area (Å²) in [6.45, 7) is 2.01. The zero-order valence-corrected chi connectivity index (χ0v) is 11.2. The molecule has 1 aromatic carbocycles. The van der Waals surface area contributed by atoms with Crippen molar-refractivity contribution in [1.29, 1.82) is 0 Å². The van der Waals surface area contributed by atoms with Crippen molar-refractivity contribution in [2.75, 3.05) is 26.7 Å². The van der Waals surface area contributed by atoms with E-state index in [-0.39, 0.29) is 11.7 Å². The molecule has 17 heavy (non-hydrogen) atoms. The molecule has 0 saturated carbocycles. The van der Waals surface area contributed by atoms with Crippen LogP contribution in [0.15, 0.2) is 22.7 Å². The van der Waals surface area contributed by atoms with Crippen LogP contribution in [0.5, 0.6) is 0 Å². The van der Waals surface area contributed by atoms with Gasteiger partial charge < -0.3 is 14.7 Å². The Bertz CT molecular complexity index is 402. The predicted octanol–water partition coefficient (Wildman–Crippen LogP) is 1.95. The molecule has 2 unspecified atom stereocenters. The van der Waals surface area contributed by atoms with Crippen molar-refractivity contribution in [2.24, 2.45) is 0 Å². The topological polar surface area (TPSA) is 32.7 Å². The van der Waals surface area contributed by atoms with Crippen molar-refractivity contribution in [3.8, 4) is 0 Å². The van der Waals surface area contributed by atoms with Gasteiger partial charge in [0.25, 0.3) is 0 Å². The SMILES string of the molecule is CN1CCOC(C(O)c2cc(Br)ccc2F)C1. The fourth-order valence-corrected chi connectivity index (χ4v) is 2.32. The van der Waals surface area contributed by atoms with E-state index in [0.717, 1.165) is 11.0 Å². The molecule has 0 bridgehead atoms. The number of morpholine rings is 1. The fourth-order valence-electron chi connectivity index (χ4n) is 1.94. The first kappa shape index (κ1) is 13.0. The zero-order chi connectivity index (χ0) is 12.4. The van der Waals surface area contributed by atoms with Gasteiger partial charge in [0.1, 0.15) is 18.0 Å². The number of benzene rings is 1. The molecule has 0 amide bonds. The summed E-state index contributed by atoms with van der Waals surface area (Å²) in [5.74, 6) is -0.405. The molecule has 1 saturated heterocycles. The third kappa shape index (κ3) is 3.04. The highest BCUT2D eigenvalue weighted by atomic mass is 79.9. The normalized spacial score (nSPS) is 23.6. The predicted molar refractivity (Wildman–Crippen MR) is 66.3 cm³/mol. The van der Waals surface area contributed by atoms with Crippen LogP contribution in [0.4, 0.5) is 4.39 Å². The molecule has 0 aliphatic carbocycles. The summed E-state index contributed by atoms with van der Waals surface area (Å²) in [6, 6.07) is 4.55. The second kappa shape index (κ2) is 5.44. The van der Waals surface area contributed by atoms with Crippen LogP contribution in [-0.2, 0) is 4.74 Å². The van der Waals surface area contributed by atoms with Gasteiger partial charge in [-0.25, -0.2) is 4.39 Å². The number of ether oxygens (including phenoxy) is 1. The van der Waals surface area contributed by atoms with Gasteiger partial charge >= 0.3 is 0 Å². The van der Waals surface area contributed by atoms with E-state index < -0.39 is 11.9 Å². The van der Waals surface area contributed by atoms with E-state index in [4.69, 9.17) is 4.74 Å². The Kier molecular flexibility index (Phi) is 4.14. The molecule has 3 nitrogen and oxygen atoms in total. The van der Waals surface area contributed by atoms with Crippen LogP contribution in [0, 0.1) is 5.82 Å². The highest BCUT2D eigenvalue weighted by molar-refractivity contribution is 9.10. The first-order chi connectivity index (χ1) is 8.08. The lowest BCUT2D eigenvalue weighted by molar-refractivity contribution is -0.0853. The Balaban J connectivity index is 2.18. The maximum atomic E-state index is 13.6. The molecular weight excluding hydrogens is 289 g/mol. The number of likely N-dealkylation sites (N-methyl/N-ethyl adjacent to an activating group) is 1. The van der Waals surface area contributed by atoms with Crippen LogP contribution < -0.4 is 0 Å². The number of halogens is 2. The molecule has 1 aliphatic heterocycles. The summed E-state index contributed by atoms with van der Waals surface area (Å²) in [5, 5.41) is 10.2. The van der Waals surface area contributed by atoms with E-state index in [9.17, 15) is 9.50 Å². The van der Waals surface area contributed by atoms with E-state index in [1.165, 1.54) is 6.07 Å². The number of nitrogens with zero attached hydrogens (tertiary/aromatic N) is 1. The third-order valence-electron chi connectivity index (χ3n) is 2.93. The Morgan fingerprint density at radius 1 is 1.59 bits per heavy atom. The first-order valence-electron chi connectivity index (χ1n) is 5.51. The summed E-state index contributed by atoms with van der Waals surface area (Å²) in [6.07, 6.45) is -1.31. The summed E-state index contributed by atoms with van der Waals surface area (Å²) in [4.78, 5) is 2.06. The molecule has 94 valence electrons. The van der Waals surface area contributed by atoms with Crippen LogP contribution >= 0.6 is 15.9 Å². The Labute approximate surface area is 108 Å². The van der Waals surface area contributed by atoms with Gasteiger partial charge in [-0.05, 0) is 25.2 Å². The second-order valence-corrected chi connectivity index (χ2v) is 5.20. The summed E-state index contributed by atoms with van der Waals surface area (Å²) in [7, 11) is 1.96. The second-order valence-electron chi connectivity index (χ2n) is 4.28. The largest absolute Gasteiger partial charge is 0.386 e. The van der Waals surface area contributed by atoms with Gasteiger partial charge in [0.2, 0.25) is 0 Å². The molecule has 1 aliphatic rings. The minimum Gasteiger partial charge on any atom is -0.386 e. The molecule has 2 atom stereocenters. The van der Waals surface area contributed by atoms with Gasteiger partial charge in [-0.3, -0.25) is 0 Å². The van der Waals surface area contributed by atoms with Gasteiger partial charge in [-0.15, -0.1) is 0 Å². The molecule has 1 heterocycles. The van der Waals surface area contributed by atoms with E-state index in [1.807, 2.05) is 7.05 Å². The lowest BCUT2D eigenvalue weighted by atomic mass is 10.0. The molecule has 2 rings (SSSR count). The lowest BCUT2D eigenvalue weighted by Crippen LogP contribution is -2.43. The molecule has 1 fully saturated rings. The van der Waals surface area contributed by atoms with Crippen molar-refractivity contribution in [1.82, 2.24) is 4.90 Å². The number of hydrogen-bond acceptors (Lipinski definition) is 3. The third-order valence-corrected chi connectivity index (χ3v) is 3.42. The van der Waals surface area contributed by atoms with Crippen LogP contribution in [0.1, 0.15) is 11.7 Å². The van der Waals surface area contributed by atoms with Crippen LogP contribution in [0.3, 0.4) is 0 Å². The molecule has 0 radical (unpaired) electrons. The molecular formula is C12H15BrFNO2. The van der Waals surface area contributed by atoms with E-state index >= 15 is 0 Å². The highest BCUT2D eigenvalue weighted by Gasteiger charge is 2.28. The zero-order valence-electron chi connectivity index (χ0n) is 9.57. The van der Waals surface area contributed by atoms with Crippen molar-refractivity contribution in [2.45, 2.75) is 12.2 Å². The maximum Gasteiger partial charge on any atom is 0.129 e. The Hall–Kier alpha value is -0.490. The standard InChI is InChI=1S/C12H15BrFNO2/c1-15-4-5-17-11(7-15)12(16)9-6-8(13)2-3-10(9)14/h2-3,6,11-12,16H,4-5,7H2,1H3. The van der Waals surface area contributed by atoms with Crippen molar-refractivity contribution in [3.05, 3.63) is 34.1 Å². The lowest BCUT2D eigenvalue weighted by Gasteiger charge is -2.33. The average Bonchev–Trinajstić information content (AvgIpc) is 2.31. The van der Waals surface area contributed by atoms with Gasteiger partial charge in [0, 0.05) is 23.1 Å². The Morgan fingerprint density at radius 2 is 2.35 bits per heavy atom. The Morgan fingerprint density at radius 3 is 3.06 bits per heavy atom. The molecule has 5 heteroatoms. The van der Waals surface area contributed by atoms with Gasteiger partial charge in [-0.1, -0.05) is 15.9 Å². The van der Waals surface area contributed by atoms with E-state index in [2.05, 4.69) is 20.8 Å². The van der Waals surface area contributed by atoms with Gasteiger partial charge in [0.15, 0.2) is 0 Å². The van der Waals surface area contributed by atoms with Crippen molar-refractivity contribution < 1.29 is 14.2 Å². The van der Waals surface area contributed by atoms with Crippen LogP contribution in [0.2, 0.25) is 0 Å². The van der Waals surface area contributed by atoms with E-state index in [0.29, 0.717) is 13.2 Å². The van der Waals surface area contributed by atoms with Crippen LogP contribution in [-0.4, -0.2) is 42.9 Å². The molecule has 1 aromatic rings. The summed E-state index contributed by atoms with van der Waals surface area (Å²) < 4.78 is 19.9. The fraction of sp³-hybridized carbons (Fsp3) is 0.500. The van der Waals surface area contributed by atoms with Crippen molar-refractivity contribution in [3.63, 3.8) is 0 Å². The smallest absolute Gasteiger partial charge is 0.129 e. The molecule has 0 aromatic heterocycles. The number of rotatable bonds is 2. The highest BCUT2D eigenvalue weighted by Crippen LogP contribution is 2.26. The van der Waals surface area contributed by atoms with Crippen molar-refractivity contribution >= 4 is 15.9 Å². The maximum absolute atomic E-state index is 13.6. The molecule has 0 spiro atoms. The number of aliphatic hydroxyl groups excluding tert-OH is 1. The molecule has 1 N–H and O–H groups in total. The van der Waals surface area contributed by atoms with Gasteiger partial charge in [0.05, 0.1) is 6.61 Å². The average molecular weight is 304 g/mol. The van der Waals surface area contributed by atoms with E-state index in [1.54, 1.807) is 12.1 Å². The van der Waals surface area contributed by atoms with Crippen LogP contribution in [0.25, 0.3) is 0 Å². The summed E-state index contributed by atoms with van der Waals surface area (Å²) >= 11 is 3.27. The number of aliphatic hydroxyl groups is 1. The monoisotopic (exact) mass is 303 g/mol. The minimum absolute atomic E-state index is 0.277. The quantitative estimate of drug-likeness (QED) is 0.906. The first-order valence-corrected chi connectivity index (χ1v) is 6.30. The summed E-state index contributed by atoms with van der Waals surface area (Å²) in [5.41, 5.74) is 0.277. The number of hydrogen-bond donors (Lipinski definition) is 1. The van der Waals surface area contributed by atoms with Gasteiger partial charge in [-0.2, -0.15) is 0 Å².